The van der Waals surface area contributed by atoms with E-state index in [-0.39, 0.29) is 48.5 Å². The largest absolute Gasteiger partial charge is 0.462 e. The average Bonchev–Trinajstić information content (AvgIpc) is 3.23. The highest BCUT2D eigenvalue weighted by Crippen LogP contribution is 2.68. The highest BCUT2D eigenvalue weighted by molar-refractivity contribution is 5.95. The molecule has 0 aromatic carbocycles. The summed E-state index contributed by atoms with van der Waals surface area (Å²) >= 11 is 0. The molecule has 8 heteroatoms. The normalized spacial score (nSPS) is 51.9. The Morgan fingerprint density at radius 2 is 1.78 bits per heavy atom. The molecule has 0 aromatic heterocycles. The number of aliphatic hydroxyl groups is 5. The van der Waals surface area contributed by atoms with Crippen LogP contribution in [-0.2, 0) is 14.3 Å². The van der Waals surface area contributed by atoms with Crippen molar-refractivity contribution in [2.45, 2.75) is 115 Å². The smallest absolute Gasteiger partial charge is 0.309 e. The molecule has 208 valence electrons. The van der Waals surface area contributed by atoms with Crippen LogP contribution < -0.4 is 0 Å². The first-order chi connectivity index (χ1) is 17.1. The SMILES string of the molecule is CC1C(=O)O[C@H](C)C1CC(O)[C@](C)(O)C1CCC2(O)C3=CC(=O)[C@@H]4C[C@@H](O)[C@@H](O)C[C@]4(C)C3CC[C@]12C. The Morgan fingerprint density at radius 1 is 1.11 bits per heavy atom. The maximum atomic E-state index is 13.3. The quantitative estimate of drug-likeness (QED) is 0.354. The van der Waals surface area contributed by atoms with E-state index in [1.807, 2.05) is 20.8 Å². The summed E-state index contributed by atoms with van der Waals surface area (Å²) in [5.74, 6) is -1.88. The highest BCUT2D eigenvalue weighted by Gasteiger charge is 2.69. The summed E-state index contributed by atoms with van der Waals surface area (Å²) in [6.07, 6.45) is 1.21. The highest BCUT2D eigenvalue weighted by atomic mass is 16.6. The molecule has 4 aliphatic carbocycles. The van der Waals surface area contributed by atoms with E-state index in [2.05, 4.69) is 0 Å². The molecule has 5 aliphatic rings. The molecule has 1 heterocycles. The van der Waals surface area contributed by atoms with Crippen LogP contribution in [0.3, 0.4) is 0 Å². The van der Waals surface area contributed by atoms with Crippen LogP contribution in [-0.4, -0.2) is 72.9 Å². The Morgan fingerprint density at radius 3 is 2.41 bits per heavy atom. The van der Waals surface area contributed by atoms with Crippen LogP contribution in [0, 0.1) is 40.4 Å². The van der Waals surface area contributed by atoms with Gasteiger partial charge in [-0.05, 0) is 87.7 Å². The number of carbonyl (C=O) groups is 2. The topological polar surface area (TPSA) is 145 Å². The van der Waals surface area contributed by atoms with Crippen molar-refractivity contribution in [2.24, 2.45) is 40.4 Å². The number of hydrogen-bond donors (Lipinski definition) is 5. The van der Waals surface area contributed by atoms with Crippen LogP contribution in [0.4, 0.5) is 0 Å². The van der Waals surface area contributed by atoms with Gasteiger partial charge in [-0.1, -0.05) is 20.8 Å². The number of hydrogen-bond acceptors (Lipinski definition) is 8. The predicted octanol–water partition coefficient (Wildman–Crippen LogP) is 1.89. The minimum Gasteiger partial charge on any atom is -0.462 e. The van der Waals surface area contributed by atoms with E-state index >= 15 is 0 Å². The Kier molecular flexibility index (Phi) is 6.33. The van der Waals surface area contributed by atoms with Gasteiger partial charge in [0.1, 0.15) is 6.10 Å². The van der Waals surface area contributed by atoms with Crippen LogP contribution >= 0.6 is 0 Å². The number of aliphatic hydroxyl groups excluding tert-OH is 3. The van der Waals surface area contributed by atoms with Crippen LogP contribution in [0.1, 0.15) is 79.6 Å². The van der Waals surface area contributed by atoms with Gasteiger partial charge in [0.15, 0.2) is 5.78 Å². The lowest BCUT2D eigenvalue weighted by Gasteiger charge is -2.60. The van der Waals surface area contributed by atoms with Gasteiger partial charge in [0.2, 0.25) is 0 Å². The molecule has 5 N–H and O–H groups in total. The standard InChI is InChI=1S/C29H44O8/c1-14-16(15(2)37-25(14)34)10-24(33)28(5,35)23-7-9-29(36)18-11-20(30)19-12-21(31)22(32)13-26(19,3)17(18)6-8-27(23,29)4/h11,14-17,19,21-24,31-33,35-36H,6-10,12-13H2,1-5H3/t14?,15-,16?,17?,19+,21-,22+,23?,24?,26-,27-,28-,29?/m1/s1. The lowest BCUT2D eigenvalue weighted by Crippen LogP contribution is -2.63. The van der Waals surface area contributed by atoms with Gasteiger partial charge < -0.3 is 30.3 Å². The minimum atomic E-state index is -1.52. The number of allylic oxidation sites excluding steroid dienone is 1. The molecule has 6 unspecified atom stereocenters. The summed E-state index contributed by atoms with van der Waals surface area (Å²) in [5.41, 5.74) is -3.47. The molecule has 0 aromatic rings. The number of ether oxygens (including phenoxy) is 1. The van der Waals surface area contributed by atoms with E-state index in [0.29, 0.717) is 37.7 Å². The van der Waals surface area contributed by atoms with Gasteiger partial charge in [0.05, 0.1) is 35.4 Å². The zero-order valence-electron chi connectivity index (χ0n) is 22.7. The van der Waals surface area contributed by atoms with Crippen LogP contribution in [0.2, 0.25) is 0 Å². The first kappa shape index (κ1) is 27.3. The number of cyclic esters (lactones) is 1. The number of carbonyl (C=O) groups excluding carboxylic acids is 2. The lowest BCUT2D eigenvalue weighted by molar-refractivity contribution is -0.178. The zero-order chi connectivity index (χ0) is 27.3. The number of esters is 1. The van der Waals surface area contributed by atoms with E-state index in [1.54, 1.807) is 19.9 Å². The third kappa shape index (κ3) is 3.65. The van der Waals surface area contributed by atoms with Crippen LogP contribution in [0.5, 0.6) is 0 Å². The minimum absolute atomic E-state index is 0.104. The van der Waals surface area contributed by atoms with Gasteiger partial charge in [-0.15, -0.1) is 0 Å². The maximum absolute atomic E-state index is 13.3. The van der Waals surface area contributed by atoms with E-state index < -0.39 is 52.2 Å². The third-order valence-corrected chi connectivity index (χ3v) is 11.9. The molecule has 3 saturated carbocycles. The van der Waals surface area contributed by atoms with Crippen LogP contribution in [0.25, 0.3) is 0 Å². The molecule has 0 amide bonds. The number of rotatable bonds is 4. The first-order valence-corrected chi connectivity index (χ1v) is 14.0. The Bertz CT molecular complexity index is 1010. The van der Waals surface area contributed by atoms with Gasteiger partial charge in [-0.25, -0.2) is 0 Å². The maximum Gasteiger partial charge on any atom is 0.309 e. The van der Waals surface area contributed by atoms with Gasteiger partial charge in [0, 0.05) is 17.3 Å². The summed E-state index contributed by atoms with van der Waals surface area (Å²) in [5, 5.41) is 56.2. The second-order valence-electron chi connectivity index (χ2n) is 13.7. The second kappa shape index (κ2) is 8.59. The molecule has 4 fully saturated rings. The van der Waals surface area contributed by atoms with Crippen molar-refractivity contribution in [3.8, 4) is 0 Å². The number of fused-ring (bicyclic) bond motifs is 5. The molecule has 0 spiro atoms. The fraction of sp³-hybridized carbons (Fsp3) is 0.862. The molecule has 37 heavy (non-hydrogen) atoms. The van der Waals surface area contributed by atoms with Crippen LogP contribution in [0.15, 0.2) is 11.6 Å². The van der Waals surface area contributed by atoms with E-state index in [1.165, 1.54) is 0 Å². The Hall–Kier alpha value is -1.32. The third-order valence-electron chi connectivity index (χ3n) is 11.9. The summed E-state index contributed by atoms with van der Waals surface area (Å²) in [4.78, 5) is 25.4. The summed E-state index contributed by atoms with van der Waals surface area (Å²) in [6.45, 7) is 9.21. The number of ketones is 1. The van der Waals surface area contributed by atoms with Crippen molar-refractivity contribution in [1.82, 2.24) is 0 Å². The molecule has 0 bridgehead atoms. The second-order valence-corrected chi connectivity index (χ2v) is 13.7. The van der Waals surface area contributed by atoms with Gasteiger partial charge >= 0.3 is 5.97 Å². The van der Waals surface area contributed by atoms with Crippen molar-refractivity contribution in [3.05, 3.63) is 11.6 Å². The van der Waals surface area contributed by atoms with Gasteiger partial charge in [-0.3, -0.25) is 9.59 Å². The Labute approximate surface area is 219 Å². The van der Waals surface area contributed by atoms with Crippen molar-refractivity contribution >= 4 is 11.8 Å². The molecule has 5 rings (SSSR count). The van der Waals surface area contributed by atoms with E-state index in [4.69, 9.17) is 4.74 Å². The molecular weight excluding hydrogens is 476 g/mol. The molecule has 1 saturated heterocycles. The van der Waals surface area contributed by atoms with Crippen molar-refractivity contribution < 1.29 is 39.9 Å². The zero-order valence-corrected chi connectivity index (χ0v) is 22.7. The van der Waals surface area contributed by atoms with E-state index in [9.17, 15) is 35.1 Å². The average molecular weight is 521 g/mol. The Balaban J connectivity index is 1.44. The molecule has 0 radical (unpaired) electrons. The predicted molar refractivity (Wildman–Crippen MR) is 134 cm³/mol. The fourth-order valence-corrected chi connectivity index (χ4v) is 9.39. The molecule has 1 aliphatic heterocycles. The fourth-order valence-electron chi connectivity index (χ4n) is 9.39. The van der Waals surface area contributed by atoms with Crippen molar-refractivity contribution in [1.29, 1.82) is 0 Å². The molecular formula is C29H44O8. The summed E-state index contributed by atoms with van der Waals surface area (Å²) in [7, 11) is 0. The van der Waals surface area contributed by atoms with Gasteiger partial charge in [-0.2, -0.15) is 0 Å². The summed E-state index contributed by atoms with van der Waals surface area (Å²) in [6, 6.07) is 0. The van der Waals surface area contributed by atoms with Gasteiger partial charge in [0.25, 0.3) is 0 Å². The summed E-state index contributed by atoms with van der Waals surface area (Å²) < 4.78 is 5.34. The monoisotopic (exact) mass is 520 g/mol. The molecule has 13 atom stereocenters. The van der Waals surface area contributed by atoms with Crippen molar-refractivity contribution in [2.75, 3.05) is 0 Å². The lowest BCUT2D eigenvalue weighted by atomic mass is 9.45. The molecule has 8 nitrogen and oxygen atoms in total. The van der Waals surface area contributed by atoms with Crippen molar-refractivity contribution in [3.63, 3.8) is 0 Å². The van der Waals surface area contributed by atoms with E-state index in [0.717, 1.165) is 0 Å². The first-order valence-electron chi connectivity index (χ1n) is 14.0.